The molecule has 1 heterocycles. The van der Waals surface area contributed by atoms with Crippen LogP contribution in [0.5, 0.6) is 0 Å². The van der Waals surface area contributed by atoms with E-state index in [0.717, 1.165) is 21.4 Å². The molecule has 0 spiro atoms. The number of hydrogen-bond acceptors (Lipinski definition) is 4. The van der Waals surface area contributed by atoms with E-state index in [1.165, 1.54) is 0 Å². The first-order chi connectivity index (χ1) is 11.6. The van der Waals surface area contributed by atoms with Gasteiger partial charge >= 0.3 is 0 Å². The van der Waals surface area contributed by atoms with Crippen LogP contribution in [-0.2, 0) is 0 Å². The van der Waals surface area contributed by atoms with Crippen molar-refractivity contribution < 1.29 is 0 Å². The predicted molar refractivity (Wildman–Crippen MR) is 104 cm³/mol. The van der Waals surface area contributed by atoms with Crippen LogP contribution in [-0.4, -0.2) is 9.97 Å². The van der Waals surface area contributed by atoms with Crippen molar-refractivity contribution in [2.24, 2.45) is 0 Å². The van der Waals surface area contributed by atoms with Crippen LogP contribution in [0.15, 0.2) is 65.8 Å². The Labute approximate surface area is 153 Å². The molecule has 0 radical (unpaired) electrons. The van der Waals surface area contributed by atoms with E-state index in [-0.39, 0.29) is 0 Å². The number of nitrogens with one attached hydrogen (secondary N) is 2. The Balaban J connectivity index is 1.84. The molecule has 3 aromatic rings. The maximum Gasteiger partial charge on any atom is 0.229 e. The Morgan fingerprint density at radius 1 is 1.04 bits per heavy atom. The van der Waals surface area contributed by atoms with Crippen molar-refractivity contribution in [2.75, 3.05) is 10.6 Å². The molecular weight excluding hydrogens is 388 g/mol. The van der Waals surface area contributed by atoms with Gasteiger partial charge in [0.05, 0.1) is 6.20 Å². The summed E-state index contributed by atoms with van der Waals surface area (Å²) in [6.07, 6.45) is 3.35. The SMILES string of the molecule is C=Cc1cccc(Nc2ncc(Cl)c(Nc3cccc(Br)c3)n2)c1. The quantitative estimate of drug-likeness (QED) is 0.548. The molecule has 4 nitrogen and oxygen atoms in total. The average molecular weight is 402 g/mol. The minimum atomic E-state index is 0.445. The van der Waals surface area contributed by atoms with Crippen LogP contribution in [0.3, 0.4) is 0 Å². The van der Waals surface area contributed by atoms with E-state index in [0.29, 0.717) is 16.8 Å². The molecule has 24 heavy (non-hydrogen) atoms. The first kappa shape index (κ1) is 16.5. The number of halogens is 2. The van der Waals surface area contributed by atoms with E-state index >= 15 is 0 Å². The van der Waals surface area contributed by atoms with Gasteiger partial charge in [-0.3, -0.25) is 0 Å². The zero-order valence-corrected chi connectivity index (χ0v) is 15.0. The zero-order chi connectivity index (χ0) is 16.9. The van der Waals surface area contributed by atoms with Crippen molar-refractivity contribution in [3.63, 3.8) is 0 Å². The molecule has 0 unspecified atom stereocenters. The topological polar surface area (TPSA) is 49.8 Å². The van der Waals surface area contributed by atoms with Gasteiger partial charge in [0.25, 0.3) is 0 Å². The van der Waals surface area contributed by atoms with Gasteiger partial charge < -0.3 is 10.6 Å². The molecular formula is C18H14BrClN4. The van der Waals surface area contributed by atoms with Gasteiger partial charge in [0, 0.05) is 15.8 Å². The average Bonchev–Trinajstić information content (AvgIpc) is 2.58. The molecule has 0 aliphatic carbocycles. The highest BCUT2D eigenvalue weighted by atomic mass is 79.9. The van der Waals surface area contributed by atoms with Crippen molar-refractivity contribution in [1.82, 2.24) is 9.97 Å². The summed E-state index contributed by atoms with van der Waals surface area (Å²) in [7, 11) is 0. The smallest absolute Gasteiger partial charge is 0.229 e. The molecule has 1 aromatic heterocycles. The number of aromatic nitrogens is 2. The number of rotatable bonds is 5. The summed E-state index contributed by atoms with van der Waals surface area (Å²) in [5.41, 5.74) is 2.77. The molecule has 2 aromatic carbocycles. The number of benzene rings is 2. The van der Waals surface area contributed by atoms with E-state index in [1.54, 1.807) is 12.3 Å². The van der Waals surface area contributed by atoms with Crippen LogP contribution in [0.2, 0.25) is 5.02 Å². The van der Waals surface area contributed by atoms with Gasteiger partial charge in [0.15, 0.2) is 5.82 Å². The molecule has 0 saturated carbocycles. The molecule has 0 atom stereocenters. The van der Waals surface area contributed by atoms with E-state index < -0.39 is 0 Å². The summed E-state index contributed by atoms with van der Waals surface area (Å²) < 4.78 is 0.970. The van der Waals surface area contributed by atoms with Crippen LogP contribution in [0, 0.1) is 0 Å². The van der Waals surface area contributed by atoms with E-state index in [1.807, 2.05) is 48.5 Å². The van der Waals surface area contributed by atoms with Crippen LogP contribution in [0.25, 0.3) is 6.08 Å². The maximum atomic E-state index is 6.20. The van der Waals surface area contributed by atoms with Gasteiger partial charge in [-0.1, -0.05) is 58.4 Å². The van der Waals surface area contributed by atoms with Gasteiger partial charge in [0.2, 0.25) is 5.95 Å². The molecule has 0 saturated heterocycles. The first-order valence-electron chi connectivity index (χ1n) is 7.19. The van der Waals surface area contributed by atoms with E-state index in [9.17, 15) is 0 Å². The number of nitrogens with zero attached hydrogens (tertiary/aromatic N) is 2. The summed E-state index contributed by atoms with van der Waals surface area (Å²) in [6, 6.07) is 15.6. The van der Waals surface area contributed by atoms with Gasteiger partial charge in [-0.15, -0.1) is 0 Å². The van der Waals surface area contributed by atoms with Crippen molar-refractivity contribution in [3.8, 4) is 0 Å². The molecule has 6 heteroatoms. The predicted octanol–water partition coefficient (Wildman–Crippen LogP) is 6.02. The molecule has 0 aliphatic rings. The molecule has 2 N–H and O–H groups in total. The molecule has 120 valence electrons. The van der Waals surface area contributed by atoms with Crippen LogP contribution < -0.4 is 10.6 Å². The van der Waals surface area contributed by atoms with Gasteiger partial charge in [-0.2, -0.15) is 4.98 Å². The van der Waals surface area contributed by atoms with Crippen molar-refractivity contribution in [1.29, 1.82) is 0 Å². The Morgan fingerprint density at radius 3 is 2.54 bits per heavy atom. The highest BCUT2D eigenvalue weighted by Crippen LogP contribution is 2.26. The van der Waals surface area contributed by atoms with Crippen molar-refractivity contribution >= 4 is 56.7 Å². The summed E-state index contributed by atoms with van der Waals surface area (Å²) in [5.74, 6) is 0.991. The molecule has 0 aliphatic heterocycles. The highest BCUT2D eigenvalue weighted by molar-refractivity contribution is 9.10. The minimum absolute atomic E-state index is 0.445. The Morgan fingerprint density at radius 2 is 1.79 bits per heavy atom. The lowest BCUT2D eigenvalue weighted by Gasteiger charge is -2.10. The lowest BCUT2D eigenvalue weighted by atomic mass is 10.2. The van der Waals surface area contributed by atoms with Crippen molar-refractivity contribution in [3.05, 3.63) is 76.4 Å². The minimum Gasteiger partial charge on any atom is -0.339 e. The highest BCUT2D eigenvalue weighted by Gasteiger charge is 2.07. The fourth-order valence-corrected chi connectivity index (χ4v) is 2.63. The Hall–Kier alpha value is -2.37. The third kappa shape index (κ3) is 4.13. The van der Waals surface area contributed by atoms with Gasteiger partial charge in [0.1, 0.15) is 5.02 Å². The monoisotopic (exact) mass is 400 g/mol. The fourth-order valence-electron chi connectivity index (χ4n) is 2.09. The normalized spacial score (nSPS) is 10.2. The largest absolute Gasteiger partial charge is 0.339 e. The summed E-state index contributed by atoms with van der Waals surface area (Å²) in [5, 5.41) is 6.80. The lowest BCUT2D eigenvalue weighted by molar-refractivity contribution is 1.16. The zero-order valence-electron chi connectivity index (χ0n) is 12.6. The summed E-state index contributed by atoms with van der Waals surface area (Å²) in [4.78, 5) is 8.66. The Kier molecular flexibility index (Phi) is 5.13. The molecule has 0 amide bonds. The van der Waals surface area contributed by atoms with Crippen LogP contribution >= 0.6 is 27.5 Å². The maximum absolute atomic E-state index is 6.20. The van der Waals surface area contributed by atoms with Crippen LogP contribution in [0.4, 0.5) is 23.1 Å². The molecule has 0 bridgehead atoms. The second-order valence-electron chi connectivity index (χ2n) is 4.98. The fraction of sp³-hybridized carbons (Fsp3) is 0. The van der Waals surface area contributed by atoms with Gasteiger partial charge in [-0.05, 0) is 35.9 Å². The summed E-state index contributed by atoms with van der Waals surface area (Å²) in [6.45, 7) is 3.77. The van der Waals surface area contributed by atoms with Crippen LogP contribution in [0.1, 0.15) is 5.56 Å². The second kappa shape index (κ2) is 7.47. The standard InChI is InChI=1S/C18H14BrClN4/c1-2-12-5-3-7-14(9-12)23-18-21-11-16(20)17(24-18)22-15-8-4-6-13(19)10-15/h2-11H,1H2,(H2,21,22,23,24). The first-order valence-corrected chi connectivity index (χ1v) is 8.36. The number of hydrogen-bond donors (Lipinski definition) is 2. The lowest BCUT2D eigenvalue weighted by Crippen LogP contribution is -2.01. The Bertz CT molecular complexity index is 882. The molecule has 0 fully saturated rings. The van der Waals surface area contributed by atoms with Crippen molar-refractivity contribution in [2.45, 2.75) is 0 Å². The van der Waals surface area contributed by atoms with Gasteiger partial charge in [-0.25, -0.2) is 4.98 Å². The summed E-state index contributed by atoms with van der Waals surface area (Å²) >= 11 is 9.64. The van der Waals surface area contributed by atoms with E-state index in [4.69, 9.17) is 11.6 Å². The number of anilines is 4. The third-order valence-corrected chi connectivity index (χ3v) is 3.98. The third-order valence-electron chi connectivity index (χ3n) is 3.21. The van der Waals surface area contributed by atoms with E-state index in [2.05, 4.69) is 43.1 Å². The second-order valence-corrected chi connectivity index (χ2v) is 6.30. The molecule has 3 rings (SSSR count).